The van der Waals surface area contributed by atoms with Gasteiger partial charge in [-0.1, -0.05) is 31.4 Å². The lowest BCUT2D eigenvalue weighted by Crippen LogP contribution is -2.32. The topological polar surface area (TPSA) is 88.8 Å². The summed E-state index contributed by atoms with van der Waals surface area (Å²) in [6.45, 7) is 4.21. The molecule has 6 atom stereocenters. The van der Waals surface area contributed by atoms with E-state index < -0.39 is 27.4 Å². The largest absolute Gasteiger partial charge is 0.536 e. The highest BCUT2D eigenvalue weighted by Gasteiger charge is 2.62. The number of hydrogen-bond acceptors (Lipinski definition) is 5. The maximum atomic E-state index is 12.6. The van der Waals surface area contributed by atoms with E-state index in [1.165, 1.54) is 0 Å². The standard InChI is InChI=1S/C17H22F3NO5S/c1-3-7-5-8(4-2)12-10-6-9(11(7)12)13-14(10)16(23)21(15(13)22)26-27(24,25)17(18,19)20/h7-12,22-23H,3-6H2,1-2H3. The van der Waals surface area contributed by atoms with Crippen molar-refractivity contribution in [3.05, 3.63) is 11.1 Å². The van der Waals surface area contributed by atoms with E-state index in [9.17, 15) is 31.8 Å². The molecule has 2 bridgehead atoms. The van der Waals surface area contributed by atoms with Crippen LogP contribution in [0.15, 0.2) is 0 Å². The predicted molar refractivity (Wildman–Crippen MR) is 88.6 cm³/mol. The maximum Gasteiger partial charge on any atom is 0.536 e. The molecule has 0 spiro atoms. The number of aromatic hydroxyl groups is 2. The van der Waals surface area contributed by atoms with E-state index in [2.05, 4.69) is 18.1 Å². The maximum absolute atomic E-state index is 12.6. The van der Waals surface area contributed by atoms with Gasteiger partial charge in [0.15, 0.2) is 0 Å². The Bertz CT molecular complexity index is 833. The normalized spacial score (nSPS) is 34.7. The molecular formula is C17H22F3NO5S. The molecular weight excluding hydrogens is 387 g/mol. The summed E-state index contributed by atoms with van der Waals surface area (Å²) in [5.41, 5.74) is -4.95. The van der Waals surface area contributed by atoms with Gasteiger partial charge in [0.25, 0.3) is 0 Å². The van der Waals surface area contributed by atoms with Crippen LogP contribution in [0.5, 0.6) is 11.8 Å². The Morgan fingerprint density at radius 1 is 1.00 bits per heavy atom. The van der Waals surface area contributed by atoms with Gasteiger partial charge in [0.1, 0.15) is 0 Å². The Balaban J connectivity index is 1.78. The van der Waals surface area contributed by atoms with Crippen LogP contribution >= 0.6 is 0 Å². The van der Waals surface area contributed by atoms with Crippen molar-refractivity contribution in [2.45, 2.75) is 56.9 Å². The van der Waals surface area contributed by atoms with E-state index in [4.69, 9.17) is 0 Å². The summed E-state index contributed by atoms with van der Waals surface area (Å²) in [6, 6.07) is 0. The Hall–Kier alpha value is -1.58. The monoisotopic (exact) mass is 409 g/mol. The lowest BCUT2D eigenvalue weighted by atomic mass is 9.73. The third-order valence-corrected chi connectivity index (χ3v) is 7.89. The van der Waals surface area contributed by atoms with Crippen LogP contribution in [0, 0.1) is 23.7 Å². The van der Waals surface area contributed by atoms with Crippen LogP contribution in [0.2, 0.25) is 0 Å². The third-order valence-electron chi connectivity index (χ3n) is 6.98. The van der Waals surface area contributed by atoms with E-state index in [1.54, 1.807) is 0 Å². The van der Waals surface area contributed by atoms with Gasteiger partial charge in [-0.25, -0.2) is 0 Å². The molecule has 0 saturated heterocycles. The highest BCUT2D eigenvalue weighted by molar-refractivity contribution is 7.87. The summed E-state index contributed by atoms with van der Waals surface area (Å²) in [7, 11) is -6.00. The van der Waals surface area contributed by atoms with Crippen LogP contribution in [0.3, 0.4) is 0 Å². The Morgan fingerprint density at radius 2 is 1.44 bits per heavy atom. The molecule has 3 aliphatic rings. The van der Waals surface area contributed by atoms with Crippen LogP contribution in [-0.2, 0) is 10.1 Å². The lowest BCUT2D eigenvalue weighted by molar-refractivity contribution is -0.0554. The number of rotatable bonds is 4. The van der Waals surface area contributed by atoms with Crippen molar-refractivity contribution >= 4 is 10.1 Å². The minimum Gasteiger partial charge on any atom is -0.492 e. The van der Waals surface area contributed by atoms with Crippen molar-refractivity contribution in [2.75, 3.05) is 0 Å². The minimum atomic E-state index is -6.00. The molecule has 1 aromatic rings. The molecule has 4 rings (SSSR count). The van der Waals surface area contributed by atoms with Crippen LogP contribution in [0.4, 0.5) is 13.2 Å². The summed E-state index contributed by atoms with van der Waals surface area (Å²) >= 11 is 0. The third kappa shape index (κ3) is 2.34. The summed E-state index contributed by atoms with van der Waals surface area (Å²) in [6.07, 6.45) is 3.74. The number of fused-ring (bicyclic) bond motifs is 8. The zero-order chi connectivity index (χ0) is 19.9. The first-order chi connectivity index (χ1) is 12.5. The Kier molecular flexibility index (Phi) is 3.97. The molecule has 3 aliphatic carbocycles. The Labute approximate surface area is 155 Å². The van der Waals surface area contributed by atoms with Crippen LogP contribution in [-0.4, -0.2) is 28.9 Å². The molecule has 0 radical (unpaired) electrons. The molecule has 2 N–H and O–H groups in total. The van der Waals surface area contributed by atoms with E-state index in [0.29, 0.717) is 23.0 Å². The van der Waals surface area contributed by atoms with Gasteiger partial charge in [0.2, 0.25) is 11.8 Å². The van der Waals surface area contributed by atoms with Crippen molar-refractivity contribution in [3.8, 4) is 11.8 Å². The minimum absolute atomic E-state index is 0.0234. The number of hydrogen-bond donors (Lipinski definition) is 2. The molecule has 27 heavy (non-hydrogen) atoms. The first-order valence-corrected chi connectivity index (χ1v) is 10.6. The van der Waals surface area contributed by atoms with Gasteiger partial charge < -0.3 is 10.2 Å². The van der Waals surface area contributed by atoms with E-state index in [-0.39, 0.29) is 28.4 Å². The van der Waals surface area contributed by atoms with Gasteiger partial charge in [-0.15, -0.1) is 0 Å². The smallest absolute Gasteiger partial charge is 0.492 e. The van der Waals surface area contributed by atoms with E-state index in [1.807, 2.05) is 0 Å². The highest BCUT2D eigenvalue weighted by atomic mass is 32.2. The van der Waals surface area contributed by atoms with Crippen LogP contribution in [0.25, 0.3) is 0 Å². The molecule has 152 valence electrons. The average Bonchev–Trinajstić information content (AvgIpc) is 3.29. The van der Waals surface area contributed by atoms with Gasteiger partial charge in [0.05, 0.1) is 0 Å². The zero-order valence-electron chi connectivity index (χ0n) is 14.9. The second-order valence-electron chi connectivity index (χ2n) is 7.92. The molecule has 1 aromatic heterocycles. The second-order valence-corrected chi connectivity index (χ2v) is 9.44. The molecule has 0 aromatic carbocycles. The number of nitrogens with zero attached hydrogens (tertiary/aromatic N) is 1. The molecule has 2 saturated carbocycles. The van der Waals surface area contributed by atoms with Crippen LogP contribution < -0.4 is 4.28 Å². The Morgan fingerprint density at radius 3 is 1.81 bits per heavy atom. The fourth-order valence-corrected chi connectivity index (χ4v) is 6.54. The molecule has 0 amide bonds. The van der Waals surface area contributed by atoms with Crippen molar-refractivity contribution < 1.29 is 36.1 Å². The summed E-state index contributed by atoms with van der Waals surface area (Å²) in [5, 5.41) is 20.9. The molecule has 6 unspecified atom stereocenters. The molecule has 0 aliphatic heterocycles. The summed E-state index contributed by atoms with van der Waals surface area (Å²) in [5.74, 6) is -0.190. The van der Waals surface area contributed by atoms with Gasteiger partial charge in [0, 0.05) is 11.1 Å². The van der Waals surface area contributed by atoms with Crippen molar-refractivity contribution in [1.82, 2.24) is 4.73 Å². The van der Waals surface area contributed by atoms with Crippen LogP contribution in [0.1, 0.15) is 62.5 Å². The van der Waals surface area contributed by atoms with Gasteiger partial charge >= 0.3 is 15.6 Å². The van der Waals surface area contributed by atoms with Gasteiger partial charge in [-0.2, -0.15) is 21.6 Å². The highest BCUT2D eigenvalue weighted by Crippen LogP contribution is 2.71. The first-order valence-electron chi connectivity index (χ1n) is 9.21. The second kappa shape index (κ2) is 5.71. The number of alkyl halides is 3. The zero-order valence-corrected chi connectivity index (χ0v) is 15.7. The molecule has 1 heterocycles. The lowest BCUT2D eigenvalue weighted by Gasteiger charge is -2.30. The van der Waals surface area contributed by atoms with E-state index >= 15 is 0 Å². The summed E-state index contributed by atoms with van der Waals surface area (Å²) < 4.78 is 64.7. The average molecular weight is 409 g/mol. The SMILES string of the molecule is CCC1CC(CC)C2C3CC(c4c3c(O)n(OS(=O)(=O)C(F)(F)F)c4O)C12. The first kappa shape index (κ1) is 18.8. The predicted octanol–water partition coefficient (Wildman–Crippen LogP) is 3.45. The van der Waals surface area contributed by atoms with E-state index in [0.717, 1.165) is 25.7 Å². The van der Waals surface area contributed by atoms with Crippen molar-refractivity contribution in [3.63, 3.8) is 0 Å². The fraction of sp³-hybridized carbons (Fsp3) is 0.765. The van der Waals surface area contributed by atoms with Gasteiger partial charge in [-0.05, 0) is 48.3 Å². The fourth-order valence-electron chi connectivity index (χ4n) is 6.11. The van der Waals surface area contributed by atoms with Crippen molar-refractivity contribution in [1.29, 1.82) is 0 Å². The number of aromatic nitrogens is 1. The number of halogens is 3. The molecule has 2 fully saturated rings. The van der Waals surface area contributed by atoms with Gasteiger partial charge in [-0.3, -0.25) is 4.28 Å². The molecule has 10 heteroatoms. The molecule has 6 nitrogen and oxygen atoms in total. The quantitative estimate of drug-likeness (QED) is 0.744. The summed E-state index contributed by atoms with van der Waals surface area (Å²) in [4.78, 5) is 0. The van der Waals surface area contributed by atoms with Crippen molar-refractivity contribution in [2.24, 2.45) is 23.7 Å².